The SMILES string of the molecule is CN=C(NCc1ccccc1OCC(F)(F)F)N1CC(C)C(C(=O)OC)C1.I. The van der Waals surface area contributed by atoms with Gasteiger partial charge in [-0.15, -0.1) is 24.0 Å². The van der Waals surface area contributed by atoms with E-state index in [4.69, 9.17) is 9.47 Å². The van der Waals surface area contributed by atoms with Crippen molar-refractivity contribution in [3.05, 3.63) is 29.8 Å². The van der Waals surface area contributed by atoms with E-state index in [0.717, 1.165) is 0 Å². The molecule has 1 aliphatic rings. The number of benzene rings is 1. The zero-order valence-electron chi connectivity index (χ0n) is 16.0. The van der Waals surface area contributed by atoms with Gasteiger partial charge in [0, 0.05) is 32.2 Å². The molecule has 1 saturated heterocycles. The number of esters is 1. The smallest absolute Gasteiger partial charge is 0.422 e. The first-order valence-electron chi connectivity index (χ1n) is 8.56. The second-order valence-corrected chi connectivity index (χ2v) is 6.42. The molecule has 1 aromatic carbocycles. The van der Waals surface area contributed by atoms with Gasteiger partial charge in [0.25, 0.3) is 0 Å². The van der Waals surface area contributed by atoms with E-state index in [1.807, 2.05) is 11.8 Å². The maximum absolute atomic E-state index is 12.4. The van der Waals surface area contributed by atoms with Crippen molar-refractivity contribution in [3.63, 3.8) is 0 Å². The van der Waals surface area contributed by atoms with Gasteiger partial charge in [-0.1, -0.05) is 25.1 Å². The molecule has 0 radical (unpaired) electrons. The quantitative estimate of drug-likeness (QED) is 0.283. The summed E-state index contributed by atoms with van der Waals surface area (Å²) in [5, 5.41) is 3.13. The summed E-state index contributed by atoms with van der Waals surface area (Å²) in [5.41, 5.74) is 0.583. The number of carbonyl (C=O) groups is 1. The van der Waals surface area contributed by atoms with Gasteiger partial charge in [-0.25, -0.2) is 0 Å². The average Bonchev–Trinajstić information content (AvgIpc) is 3.01. The first kappa shape index (κ1) is 24.3. The normalized spacial score (nSPS) is 19.8. The van der Waals surface area contributed by atoms with Gasteiger partial charge in [-0.3, -0.25) is 9.79 Å². The zero-order chi connectivity index (χ0) is 20.0. The average molecular weight is 515 g/mol. The molecular formula is C18H25F3IN3O3. The lowest BCUT2D eigenvalue weighted by Gasteiger charge is -2.22. The van der Waals surface area contributed by atoms with Crippen molar-refractivity contribution in [2.24, 2.45) is 16.8 Å². The number of halogens is 4. The molecule has 1 N–H and O–H groups in total. The minimum atomic E-state index is -4.40. The van der Waals surface area contributed by atoms with Gasteiger partial charge in [0.1, 0.15) is 5.75 Å². The molecular weight excluding hydrogens is 490 g/mol. The van der Waals surface area contributed by atoms with E-state index >= 15 is 0 Å². The maximum Gasteiger partial charge on any atom is 0.422 e. The van der Waals surface area contributed by atoms with Gasteiger partial charge in [-0.2, -0.15) is 13.2 Å². The van der Waals surface area contributed by atoms with E-state index in [-0.39, 0.29) is 54.1 Å². The Morgan fingerprint density at radius 1 is 1.32 bits per heavy atom. The number of hydrogen-bond acceptors (Lipinski definition) is 4. The Kier molecular flexibility index (Phi) is 9.31. The lowest BCUT2D eigenvalue weighted by molar-refractivity contribution is -0.153. The van der Waals surface area contributed by atoms with E-state index in [9.17, 15) is 18.0 Å². The van der Waals surface area contributed by atoms with Crippen LogP contribution in [0.15, 0.2) is 29.3 Å². The molecule has 6 nitrogen and oxygen atoms in total. The molecule has 1 aliphatic heterocycles. The molecule has 0 aliphatic carbocycles. The number of aliphatic imine (C=N–C) groups is 1. The standard InChI is InChI=1S/C18H24F3N3O3.HI/c1-12-9-24(10-14(12)16(25)26-3)17(22-2)23-8-13-6-4-5-7-15(13)27-11-18(19,20)21;/h4-7,12,14H,8-11H2,1-3H3,(H,22,23);1H. The Labute approximate surface area is 179 Å². The molecule has 28 heavy (non-hydrogen) atoms. The summed E-state index contributed by atoms with van der Waals surface area (Å²) in [4.78, 5) is 18.0. The highest BCUT2D eigenvalue weighted by Crippen LogP contribution is 2.25. The number of carbonyl (C=O) groups excluding carboxylic acids is 1. The molecule has 0 spiro atoms. The number of para-hydroxylation sites is 1. The van der Waals surface area contributed by atoms with E-state index in [0.29, 0.717) is 24.6 Å². The first-order valence-corrected chi connectivity index (χ1v) is 8.56. The summed E-state index contributed by atoms with van der Waals surface area (Å²) < 4.78 is 47.0. The van der Waals surface area contributed by atoms with Gasteiger partial charge in [-0.05, 0) is 12.0 Å². The fourth-order valence-electron chi connectivity index (χ4n) is 3.05. The summed E-state index contributed by atoms with van der Waals surface area (Å²) in [5.74, 6) is 0.347. The Bertz CT molecular complexity index is 686. The molecule has 0 amide bonds. The van der Waals surface area contributed by atoms with Gasteiger partial charge >= 0.3 is 12.1 Å². The van der Waals surface area contributed by atoms with Crippen LogP contribution in [0.5, 0.6) is 5.75 Å². The molecule has 2 rings (SSSR count). The molecule has 0 bridgehead atoms. The molecule has 0 aromatic heterocycles. The molecule has 2 unspecified atom stereocenters. The van der Waals surface area contributed by atoms with Crippen LogP contribution >= 0.6 is 24.0 Å². The van der Waals surface area contributed by atoms with Crippen LogP contribution in [-0.4, -0.2) is 56.9 Å². The van der Waals surface area contributed by atoms with Crippen molar-refractivity contribution < 1.29 is 27.4 Å². The molecule has 158 valence electrons. The van der Waals surface area contributed by atoms with Crippen molar-refractivity contribution in [1.82, 2.24) is 10.2 Å². The minimum Gasteiger partial charge on any atom is -0.484 e. The Morgan fingerprint density at radius 2 is 2.00 bits per heavy atom. The lowest BCUT2D eigenvalue weighted by Crippen LogP contribution is -2.40. The molecule has 1 heterocycles. The number of likely N-dealkylation sites (tertiary alicyclic amines) is 1. The Morgan fingerprint density at radius 3 is 2.61 bits per heavy atom. The molecule has 10 heteroatoms. The van der Waals surface area contributed by atoms with Crippen LogP contribution in [-0.2, 0) is 16.1 Å². The molecule has 1 aromatic rings. The van der Waals surface area contributed by atoms with E-state index in [1.165, 1.54) is 13.2 Å². The molecule has 2 atom stereocenters. The summed E-state index contributed by atoms with van der Waals surface area (Å²) in [6.07, 6.45) is -4.40. The fraction of sp³-hybridized carbons (Fsp3) is 0.556. The van der Waals surface area contributed by atoms with E-state index < -0.39 is 12.8 Å². The van der Waals surface area contributed by atoms with Gasteiger partial charge < -0.3 is 19.7 Å². The predicted molar refractivity (Wildman–Crippen MR) is 110 cm³/mol. The number of nitrogens with one attached hydrogen (secondary N) is 1. The van der Waals surface area contributed by atoms with Crippen molar-refractivity contribution in [2.45, 2.75) is 19.6 Å². The third-order valence-corrected chi connectivity index (χ3v) is 4.43. The third kappa shape index (κ3) is 6.71. The van der Waals surface area contributed by atoms with Crippen LogP contribution < -0.4 is 10.1 Å². The second-order valence-electron chi connectivity index (χ2n) is 6.42. The molecule has 0 saturated carbocycles. The highest BCUT2D eigenvalue weighted by molar-refractivity contribution is 14.0. The number of guanidine groups is 1. The maximum atomic E-state index is 12.4. The van der Waals surface area contributed by atoms with Gasteiger partial charge in [0.15, 0.2) is 12.6 Å². The zero-order valence-corrected chi connectivity index (χ0v) is 18.3. The topological polar surface area (TPSA) is 63.2 Å². The second kappa shape index (κ2) is 10.7. The number of alkyl halides is 3. The molecule has 1 fully saturated rings. The Hall–Kier alpha value is -1.72. The highest BCUT2D eigenvalue weighted by Gasteiger charge is 2.37. The fourth-order valence-corrected chi connectivity index (χ4v) is 3.05. The van der Waals surface area contributed by atoms with Gasteiger partial charge in [0.05, 0.1) is 13.0 Å². The number of nitrogens with zero attached hydrogens (tertiary/aromatic N) is 2. The van der Waals surface area contributed by atoms with Crippen LogP contribution in [0.2, 0.25) is 0 Å². The third-order valence-electron chi connectivity index (χ3n) is 4.43. The largest absolute Gasteiger partial charge is 0.484 e. The minimum absolute atomic E-state index is 0. The Balaban J connectivity index is 0.00000392. The van der Waals surface area contributed by atoms with Crippen molar-refractivity contribution in [1.29, 1.82) is 0 Å². The van der Waals surface area contributed by atoms with Crippen molar-refractivity contribution >= 4 is 35.9 Å². The van der Waals surface area contributed by atoms with Crippen LogP contribution in [0, 0.1) is 11.8 Å². The summed E-state index contributed by atoms with van der Waals surface area (Å²) in [7, 11) is 2.98. The lowest BCUT2D eigenvalue weighted by atomic mass is 9.99. The first-order chi connectivity index (χ1) is 12.7. The number of rotatable bonds is 5. The van der Waals surface area contributed by atoms with E-state index in [2.05, 4.69) is 10.3 Å². The van der Waals surface area contributed by atoms with Crippen molar-refractivity contribution in [2.75, 3.05) is 33.9 Å². The summed E-state index contributed by atoms with van der Waals surface area (Å²) in [6.45, 7) is 1.97. The monoisotopic (exact) mass is 515 g/mol. The van der Waals surface area contributed by atoms with Crippen LogP contribution in [0.25, 0.3) is 0 Å². The number of ether oxygens (including phenoxy) is 2. The summed E-state index contributed by atoms with van der Waals surface area (Å²) in [6, 6.07) is 6.53. The number of methoxy groups -OCH3 is 1. The number of hydrogen-bond donors (Lipinski definition) is 1. The summed E-state index contributed by atoms with van der Waals surface area (Å²) >= 11 is 0. The highest BCUT2D eigenvalue weighted by atomic mass is 127. The van der Waals surface area contributed by atoms with Gasteiger partial charge in [0.2, 0.25) is 0 Å². The van der Waals surface area contributed by atoms with E-state index in [1.54, 1.807) is 25.2 Å². The van der Waals surface area contributed by atoms with Crippen LogP contribution in [0.1, 0.15) is 12.5 Å². The van der Waals surface area contributed by atoms with Crippen LogP contribution in [0.3, 0.4) is 0 Å². The van der Waals surface area contributed by atoms with Crippen LogP contribution in [0.4, 0.5) is 13.2 Å². The predicted octanol–water partition coefficient (Wildman–Crippen LogP) is 3.06. The van der Waals surface area contributed by atoms with Crippen molar-refractivity contribution in [3.8, 4) is 5.75 Å².